The topological polar surface area (TPSA) is 93.5 Å². The summed E-state index contributed by atoms with van der Waals surface area (Å²) in [6, 6.07) is 16.1. The van der Waals surface area contributed by atoms with Crippen molar-refractivity contribution >= 4 is 21.7 Å². The summed E-state index contributed by atoms with van der Waals surface area (Å²) in [6.07, 6.45) is 1.62. The lowest BCUT2D eigenvalue weighted by atomic mass is 10.1. The standard InChI is InChI=1S/C22H24N4O4S/c1-17-7-8-19(31(28,29)25-11-13-30-14-12-25)15-20(17)22(27)24-21-9-10-23-26(21)16-18-5-3-2-4-6-18/h2-10,15H,11-14,16H2,1H3,(H,24,27). The Labute approximate surface area is 181 Å². The zero-order valence-electron chi connectivity index (χ0n) is 17.2. The number of aromatic nitrogens is 2. The van der Waals surface area contributed by atoms with Gasteiger partial charge in [-0.3, -0.25) is 4.79 Å². The first kappa shape index (κ1) is 21.2. The molecular weight excluding hydrogens is 416 g/mol. The fraction of sp³-hybridized carbons (Fsp3) is 0.273. The second-order valence-corrected chi connectivity index (χ2v) is 9.24. The van der Waals surface area contributed by atoms with Gasteiger partial charge in [0.2, 0.25) is 10.0 Å². The molecule has 9 heteroatoms. The Balaban J connectivity index is 1.56. The van der Waals surface area contributed by atoms with Crippen molar-refractivity contribution in [2.75, 3.05) is 31.6 Å². The van der Waals surface area contributed by atoms with Gasteiger partial charge in [-0.05, 0) is 30.2 Å². The number of hydrogen-bond donors (Lipinski definition) is 1. The molecule has 8 nitrogen and oxygen atoms in total. The third-order valence-corrected chi connectivity index (χ3v) is 7.09. The SMILES string of the molecule is Cc1ccc(S(=O)(=O)N2CCOCC2)cc1C(=O)Nc1ccnn1Cc1ccccc1. The van der Waals surface area contributed by atoms with Gasteiger partial charge in [-0.15, -0.1) is 0 Å². The van der Waals surface area contributed by atoms with E-state index in [1.807, 2.05) is 30.3 Å². The van der Waals surface area contributed by atoms with Crippen molar-refractivity contribution in [1.29, 1.82) is 0 Å². The highest BCUT2D eigenvalue weighted by atomic mass is 32.2. The van der Waals surface area contributed by atoms with Crippen LogP contribution < -0.4 is 5.32 Å². The Morgan fingerprint density at radius 3 is 2.58 bits per heavy atom. The quantitative estimate of drug-likeness (QED) is 0.636. The van der Waals surface area contributed by atoms with E-state index in [9.17, 15) is 13.2 Å². The molecule has 1 fully saturated rings. The van der Waals surface area contributed by atoms with Gasteiger partial charge in [-0.25, -0.2) is 13.1 Å². The third-order valence-electron chi connectivity index (χ3n) is 5.19. The number of sulfonamides is 1. The predicted molar refractivity (Wildman–Crippen MR) is 116 cm³/mol. The molecule has 1 N–H and O–H groups in total. The van der Waals surface area contributed by atoms with Crippen LogP contribution >= 0.6 is 0 Å². The molecule has 1 aliphatic heterocycles. The summed E-state index contributed by atoms with van der Waals surface area (Å²) < 4.78 is 34.3. The lowest BCUT2D eigenvalue weighted by molar-refractivity contribution is 0.0730. The monoisotopic (exact) mass is 440 g/mol. The largest absolute Gasteiger partial charge is 0.379 e. The second-order valence-electron chi connectivity index (χ2n) is 7.31. The van der Waals surface area contributed by atoms with Crippen LogP contribution in [0.1, 0.15) is 21.5 Å². The number of ether oxygens (including phenoxy) is 1. The summed E-state index contributed by atoms with van der Waals surface area (Å²) in [4.78, 5) is 13.1. The Bertz CT molecular complexity index is 1170. The molecule has 0 spiro atoms. The average Bonchev–Trinajstić information content (AvgIpc) is 3.21. The van der Waals surface area contributed by atoms with Crippen LogP contribution in [0.2, 0.25) is 0 Å². The fourth-order valence-electron chi connectivity index (χ4n) is 3.45. The molecule has 1 amide bonds. The number of anilines is 1. The van der Waals surface area contributed by atoms with Crippen LogP contribution in [0, 0.1) is 6.92 Å². The number of hydrogen-bond acceptors (Lipinski definition) is 5. The molecule has 1 aromatic heterocycles. The summed E-state index contributed by atoms with van der Waals surface area (Å²) in [7, 11) is -3.69. The molecule has 1 saturated heterocycles. The number of benzene rings is 2. The van der Waals surface area contributed by atoms with E-state index in [4.69, 9.17) is 4.74 Å². The number of carbonyl (C=O) groups is 1. The van der Waals surface area contributed by atoms with E-state index < -0.39 is 10.0 Å². The number of aryl methyl sites for hydroxylation is 1. The summed E-state index contributed by atoms with van der Waals surface area (Å²) in [5.41, 5.74) is 2.05. The van der Waals surface area contributed by atoms with E-state index in [0.717, 1.165) is 5.56 Å². The number of rotatable bonds is 6. The first-order chi connectivity index (χ1) is 14.9. The summed E-state index contributed by atoms with van der Waals surface area (Å²) >= 11 is 0. The normalized spacial score (nSPS) is 15.0. The minimum atomic E-state index is -3.69. The van der Waals surface area contributed by atoms with Crippen LogP contribution in [-0.4, -0.2) is 54.7 Å². The maximum atomic E-state index is 13.0. The maximum absolute atomic E-state index is 13.0. The third kappa shape index (κ3) is 4.68. The van der Waals surface area contributed by atoms with Gasteiger partial charge in [0.05, 0.1) is 30.9 Å². The number of nitrogens with zero attached hydrogens (tertiary/aromatic N) is 3. The smallest absolute Gasteiger partial charge is 0.257 e. The van der Waals surface area contributed by atoms with Crippen LogP contribution in [0.3, 0.4) is 0 Å². The zero-order valence-corrected chi connectivity index (χ0v) is 18.0. The summed E-state index contributed by atoms with van der Waals surface area (Å²) in [5.74, 6) is 0.154. The first-order valence-corrected chi connectivity index (χ1v) is 11.4. The number of nitrogens with one attached hydrogen (secondary N) is 1. The Hall–Kier alpha value is -3.01. The highest BCUT2D eigenvalue weighted by molar-refractivity contribution is 7.89. The minimum Gasteiger partial charge on any atom is -0.379 e. The van der Waals surface area contributed by atoms with Gasteiger partial charge in [-0.2, -0.15) is 9.40 Å². The van der Waals surface area contributed by atoms with Gasteiger partial charge in [0.1, 0.15) is 5.82 Å². The van der Waals surface area contributed by atoms with E-state index in [-0.39, 0.29) is 10.8 Å². The molecule has 0 unspecified atom stereocenters. The molecule has 0 radical (unpaired) electrons. The van der Waals surface area contributed by atoms with Crippen molar-refractivity contribution in [1.82, 2.24) is 14.1 Å². The molecule has 0 aliphatic carbocycles. The Morgan fingerprint density at radius 1 is 1.10 bits per heavy atom. The minimum absolute atomic E-state index is 0.0999. The van der Waals surface area contributed by atoms with Crippen LogP contribution in [-0.2, 0) is 21.3 Å². The summed E-state index contributed by atoms with van der Waals surface area (Å²) in [6.45, 7) is 3.62. The lowest BCUT2D eigenvalue weighted by Crippen LogP contribution is -2.40. The van der Waals surface area contributed by atoms with Crippen molar-refractivity contribution < 1.29 is 17.9 Å². The lowest BCUT2D eigenvalue weighted by Gasteiger charge is -2.26. The van der Waals surface area contributed by atoms with Gasteiger partial charge in [0, 0.05) is 24.7 Å². The van der Waals surface area contributed by atoms with Crippen molar-refractivity contribution in [2.45, 2.75) is 18.4 Å². The molecule has 0 saturated carbocycles. The van der Waals surface area contributed by atoms with Crippen LogP contribution in [0.25, 0.3) is 0 Å². The highest BCUT2D eigenvalue weighted by Gasteiger charge is 2.27. The molecule has 162 valence electrons. The maximum Gasteiger partial charge on any atom is 0.257 e. The molecule has 1 aliphatic rings. The van der Waals surface area contributed by atoms with E-state index in [1.54, 1.807) is 29.9 Å². The van der Waals surface area contributed by atoms with Crippen molar-refractivity contribution in [2.24, 2.45) is 0 Å². The molecular formula is C22H24N4O4S. The molecule has 2 heterocycles. The van der Waals surface area contributed by atoms with Gasteiger partial charge in [0.25, 0.3) is 5.91 Å². The van der Waals surface area contributed by atoms with Crippen LogP contribution in [0.5, 0.6) is 0 Å². The fourth-order valence-corrected chi connectivity index (χ4v) is 4.88. The first-order valence-electron chi connectivity index (χ1n) is 10.0. The number of carbonyl (C=O) groups excluding carboxylic acids is 1. The van der Waals surface area contributed by atoms with Gasteiger partial charge in [-0.1, -0.05) is 36.4 Å². The number of amides is 1. The van der Waals surface area contributed by atoms with Gasteiger partial charge in [0.15, 0.2) is 0 Å². The number of morpholine rings is 1. The van der Waals surface area contributed by atoms with Crippen LogP contribution in [0.15, 0.2) is 65.7 Å². The molecule has 3 aromatic rings. The van der Waals surface area contributed by atoms with Crippen molar-refractivity contribution in [3.8, 4) is 0 Å². The highest BCUT2D eigenvalue weighted by Crippen LogP contribution is 2.22. The zero-order chi connectivity index (χ0) is 21.8. The Kier molecular flexibility index (Phi) is 6.17. The van der Waals surface area contributed by atoms with Crippen LogP contribution in [0.4, 0.5) is 5.82 Å². The Morgan fingerprint density at radius 2 is 1.84 bits per heavy atom. The molecule has 31 heavy (non-hydrogen) atoms. The van der Waals surface area contributed by atoms with E-state index in [0.29, 0.717) is 49.8 Å². The van der Waals surface area contributed by atoms with Gasteiger partial charge >= 0.3 is 0 Å². The molecule has 0 bridgehead atoms. The van der Waals surface area contributed by atoms with Crippen molar-refractivity contribution in [3.05, 3.63) is 77.5 Å². The molecule has 2 aromatic carbocycles. The average molecular weight is 441 g/mol. The van der Waals surface area contributed by atoms with E-state index >= 15 is 0 Å². The summed E-state index contributed by atoms with van der Waals surface area (Å²) in [5, 5.41) is 7.15. The van der Waals surface area contributed by atoms with E-state index in [1.165, 1.54) is 16.4 Å². The molecule has 0 atom stereocenters. The predicted octanol–water partition coefficient (Wildman–Crippen LogP) is 2.51. The van der Waals surface area contributed by atoms with Crippen molar-refractivity contribution in [3.63, 3.8) is 0 Å². The van der Waals surface area contributed by atoms with E-state index in [2.05, 4.69) is 10.4 Å². The van der Waals surface area contributed by atoms with Gasteiger partial charge < -0.3 is 10.1 Å². The molecule has 4 rings (SSSR count). The second kappa shape index (κ2) is 9.01.